The average Bonchev–Trinajstić information content (AvgIpc) is 3.61. The van der Waals surface area contributed by atoms with Crippen LogP contribution in [0.1, 0.15) is 27.7 Å². The van der Waals surface area contributed by atoms with Gasteiger partial charge in [-0.1, -0.05) is 30.3 Å². The topological polar surface area (TPSA) is 70.7 Å². The molecule has 2 aromatic carbocycles. The number of halogens is 3. The molecule has 7 rings (SSSR count). The van der Waals surface area contributed by atoms with Gasteiger partial charge in [0.05, 0.1) is 22.6 Å². The molecule has 7 nitrogen and oxygen atoms in total. The summed E-state index contributed by atoms with van der Waals surface area (Å²) >= 11 is 1.61. The minimum atomic E-state index is -4.47. The molecule has 0 saturated heterocycles. The first kappa shape index (κ1) is 24.3. The molecule has 3 aromatic heterocycles. The largest absolute Gasteiger partial charge is 0.416 e. The molecule has 1 N–H and O–H groups in total. The molecule has 198 valence electrons. The van der Waals surface area contributed by atoms with Gasteiger partial charge in [-0.15, -0.1) is 11.3 Å². The Morgan fingerprint density at radius 3 is 2.55 bits per heavy atom. The molecule has 0 amide bonds. The normalized spacial score (nSPS) is 16.0. The SMILES string of the molecule is Cc1nn(-c2ccccn2)c2c1[C@H](c1cccs1)N1C(=N2)C(Nc2cccc(C(F)(F)F)c2)=Nc2ccccc21. The lowest BCUT2D eigenvalue weighted by molar-refractivity contribution is -0.137. The van der Waals surface area contributed by atoms with Crippen LogP contribution in [0.5, 0.6) is 0 Å². The molecule has 5 aromatic rings. The van der Waals surface area contributed by atoms with Gasteiger partial charge in [-0.05, 0) is 60.8 Å². The molecular weight excluding hydrogens is 535 g/mol. The number of fused-ring (bicyclic) bond motifs is 4. The highest BCUT2D eigenvalue weighted by molar-refractivity contribution is 7.10. The van der Waals surface area contributed by atoms with Crippen LogP contribution in [0.2, 0.25) is 0 Å². The molecule has 0 unspecified atom stereocenters. The Hall–Kier alpha value is -4.77. The minimum Gasteiger partial charge on any atom is -0.337 e. The maximum atomic E-state index is 13.5. The van der Waals surface area contributed by atoms with Gasteiger partial charge >= 0.3 is 6.18 Å². The molecule has 40 heavy (non-hydrogen) atoms. The van der Waals surface area contributed by atoms with Crippen molar-refractivity contribution in [3.63, 3.8) is 0 Å². The maximum Gasteiger partial charge on any atom is 0.416 e. The molecule has 2 aliphatic heterocycles. The van der Waals surface area contributed by atoms with E-state index in [-0.39, 0.29) is 11.7 Å². The number of thiophene rings is 1. The Bertz CT molecular complexity index is 1790. The number of aryl methyl sites for hydroxylation is 1. The van der Waals surface area contributed by atoms with Gasteiger partial charge in [0.2, 0.25) is 0 Å². The van der Waals surface area contributed by atoms with Crippen LogP contribution in [-0.2, 0) is 6.18 Å². The first-order valence-corrected chi connectivity index (χ1v) is 13.3. The summed E-state index contributed by atoms with van der Waals surface area (Å²) in [5.74, 6) is 2.00. The summed E-state index contributed by atoms with van der Waals surface area (Å²) < 4.78 is 42.2. The highest BCUT2D eigenvalue weighted by Crippen LogP contribution is 2.49. The van der Waals surface area contributed by atoms with Crippen molar-refractivity contribution in [3.05, 3.63) is 112 Å². The van der Waals surface area contributed by atoms with Crippen LogP contribution in [0.15, 0.2) is 100 Å². The van der Waals surface area contributed by atoms with Crippen LogP contribution in [-0.4, -0.2) is 26.4 Å². The summed E-state index contributed by atoms with van der Waals surface area (Å²) in [6.07, 6.45) is -2.78. The molecule has 11 heteroatoms. The summed E-state index contributed by atoms with van der Waals surface area (Å²) in [6.45, 7) is 1.95. The number of hydrogen-bond donors (Lipinski definition) is 1. The lowest BCUT2D eigenvalue weighted by atomic mass is 9.98. The van der Waals surface area contributed by atoms with Crippen molar-refractivity contribution >= 4 is 45.9 Å². The zero-order valence-corrected chi connectivity index (χ0v) is 21.8. The fraction of sp³-hybridized carbons (Fsp3) is 0.103. The molecule has 5 heterocycles. The van der Waals surface area contributed by atoms with Gasteiger partial charge in [0.25, 0.3) is 0 Å². The van der Waals surface area contributed by atoms with Crippen LogP contribution in [0.3, 0.4) is 0 Å². The van der Waals surface area contributed by atoms with Crippen molar-refractivity contribution in [1.29, 1.82) is 0 Å². The summed E-state index contributed by atoms with van der Waals surface area (Å²) in [4.78, 5) is 17.5. The second-order valence-electron chi connectivity index (χ2n) is 9.30. The minimum absolute atomic E-state index is 0.253. The Morgan fingerprint density at radius 2 is 1.77 bits per heavy atom. The van der Waals surface area contributed by atoms with Crippen molar-refractivity contribution in [2.45, 2.75) is 19.1 Å². The quantitative estimate of drug-likeness (QED) is 0.251. The summed E-state index contributed by atoms with van der Waals surface area (Å²) in [5.41, 5.74) is 2.74. The van der Waals surface area contributed by atoms with Gasteiger partial charge in [-0.25, -0.2) is 15.0 Å². The van der Waals surface area contributed by atoms with Crippen molar-refractivity contribution in [2.24, 2.45) is 9.98 Å². The van der Waals surface area contributed by atoms with E-state index in [0.29, 0.717) is 29.0 Å². The molecule has 0 aliphatic carbocycles. The van der Waals surface area contributed by atoms with E-state index in [0.717, 1.165) is 34.0 Å². The summed E-state index contributed by atoms with van der Waals surface area (Å²) in [5, 5.41) is 9.97. The number of para-hydroxylation sites is 2. The molecular formula is C29H20F3N7S. The van der Waals surface area contributed by atoms with Gasteiger partial charge < -0.3 is 10.2 Å². The molecule has 1 atom stereocenters. The smallest absolute Gasteiger partial charge is 0.337 e. The van der Waals surface area contributed by atoms with E-state index in [4.69, 9.17) is 15.1 Å². The van der Waals surface area contributed by atoms with Gasteiger partial charge in [-0.2, -0.15) is 23.0 Å². The Labute approximate surface area is 231 Å². The predicted octanol–water partition coefficient (Wildman–Crippen LogP) is 7.45. The molecule has 0 spiro atoms. The Kier molecular flexibility index (Phi) is 5.56. The van der Waals surface area contributed by atoms with Gasteiger partial charge in [0.1, 0.15) is 6.04 Å². The third-order valence-electron chi connectivity index (χ3n) is 6.77. The number of aromatic nitrogens is 3. The monoisotopic (exact) mass is 555 g/mol. The Morgan fingerprint density at radius 1 is 0.925 bits per heavy atom. The maximum absolute atomic E-state index is 13.5. The third-order valence-corrected chi connectivity index (χ3v) is 7.69. The number of alkyl halides is 3. The lowest BCUT2D eigenvalue weighted by Gasteiger charge is -2.40. The van der Waals surface area contributed by atoms with Crippen molar-refractivity contribution in [3.8, 4) is 5.82 Å². The highest BCUT2D eigenvalue weighted by Gasteiger charge is 2.42. The number of aliphatic imine (C=N–C) groups is 2. The number of pyridine rings is 1. The van der Waals surface area contributed by atoms with Crippen LogP contribution in [0.25, 0.3) is 5.82 Å². The van der Waals surface area contributed by atoms with E-state index in [9.17, 15) is 13.2 Å². The second-order valence-corrected chi connectivity index (χ2v) is 10.3. The van der Waals surface area contributed by atoms with Crippen molar-refractivity contribution < 1.29 is 13.2 Å². The van der Waals surface area contributed by atoms with E-state index in [1.807, 2.05) is 60.8 Å². The van der Waals surface area contributed by atoms with Crippen LogP contribution in [0, 0.1) is 6.92 Å². The van der Waals surface area contributed by atoms with Crippen LogP contribution < -0.4 is 10.2 Å². The fourth-order valence-corrected chi connectivity index (χ4v) is 5.89. The van der Waals surface area contributed by atoms with Crippen LogP contribution >= 0.6 is 11.3 Å². The second kappa shape index (κ2) is 9.16. The van der Waals surface area contributed by atoms with E-state index >= 15 is 0 Å². The third kappa shape index (κ3) is 3.97. The zero-order chi connectivity index (χ0) is 27.4. The Balaban J connectivity index is 1.46. The summed E-state index contributed by atoms with van der Waals surface area (Å²) in [6, 6.07) is 22.1. The first-order valence-electron chi connectivity index (χ1n) is 12.4. The molecule has 2 aliphatic rings. The van der Waals surface area contributed by atoms with Gasteiger partial charge in [0.15, 0.2) is 23.3 Å². The van der Waals surface area contributed by atoms with Crippen molar-refractivity contribution in [2.75, 3.05) is 10.2 Å². The molecule has 0 fully saturated rings. The van der Waals surface area contributed by atoms with Gasteiger partial charge in [-0.3, -0.25) is 0 Å². The van der Waals surface area contributed by atoms with Crippen molar-refractivity contribution in [1.82, 2.24) is 14.8 Å². The lowest BCUT2D eigenvalue weighted by Crippen LogP contribution is -2.46. The van der Waals surface area contributed by atoms with Crippen LogP contribution in [0.4, 0.5) is 36.1 Å². The predicted molar refractivity (Wildman–Crippen MR) is 150 cm³/mol. The number of anilines is 2. The number of nitrogens with zero attached hydrogens (tertiary/aromatic N) is 6. The number of amidine groups is 2. The molecule has 0 bridgehead atoms. The number of hydrogen-bond acceptors (Lipinski definition) is 7. The first-order chi connectivity index (χ1) is 19.4. The number of rotatable bonds is 3. The summed E-state index contributed by atoms with van der Waals surface area (Å²) in [7, 11) is 0. The number of benzene rings is 2. The van der Waals surface area contributed by atoms with E-state index in [1.54, 1.807) is 28.3 Å². The number of nitrogens with one attached hydrogen (secondary N) is 1. The molecule has 0 radical (unpaired) electrons. The zero-order valence-electron chi connectivity index (χ0n) is 21.0. The fourth-order valence-electron chi connectivity index (χ4n) is 5.06. The molecule has 0 saturated carbocycles. The highest BCUT2D eigenvalue weighted by atomic mass is 32.1. The average molecular weight is 556 g/mol. The van der Waals surface area contributed by atoms with E-state index in [1.165, 1.54) is 6.07 Å². The van der Waals surface area contributed by atoms with Gasteiger partial charge in [0, 0.05) is 22.3 Å². The van der Waals surface area contributed by atoms with E-state index < -0.39 is 11.7 Å². The van der Waals surface area contributed by atoms with E-state index in [2.05, 4.69) is 21.3 Å². The standard InChI is InChI=1S/C29H20F3N7S/c1-17-24-25(22-12-7-15-40-22)38-21-11-3-2-10-20(21)35-26(34-19-9-6-8-18(16-19)29(30,31)32)28(38)36-27(24)39(37-17)23-13-4-5-14-33-23/h2-16,25H,1H3,(H,34,35)/t25-/m0/s1.